The van der Waals surface area contributed by atoms with E-state index in [1.165, 1.54) is 66.3 Å². The predicted octanol–water partition coefficient (Wildman–Crippen LogP) is 14.9. The van der Waals surface area contributed by atoms with Gasteiger partial charge in [-0.3, -0.25) is 4.99 Å². The SMILES string of the molecule is CC(=NC(=NC(C)c1ccccc1)c1ccccc1)c1cccc(C2(C)C=Cc3c(c4cc(-c5ccc6c(c5)c5ccccc5n6-c5ccccc5)ccc4n3-c3ccccc3)C2)c1. The fraction of sp³-hybridized carbons (Fsp3) is 0.100. The molecule has 0 saturated carbocycles. The molecule has 64 heavy (non-hydrogen) atoms. The molecule has 10 aromatic rings. The molecule has 0 amide bonds. The van der Waals surface area contributed by atoms with E-state index >= 15 is 0 Å². The third-order valence-electron chi connectivity index (χ3n) is 13.1. The summed E-state index contributed by atoms with van der Waals surface area (Å²) >= 11 is 0. The van der Waals surface area contributed by atoms with Gasteiger partial charge in [0.05, 0.1) is 22.6 Å². The average Bonchev–Trinajstić information content (AvgIpc) is 3.86. The van der Waals surface area contributed by atoms with Crippen molar-refractivity contribution in [3.8, 4) is 22.5 Å². The lowest BCUT2D eigenvalue weighted by Crippen LogP contribution is -2.25. The van der Waals surface area contributed by atoms with Crippen LogP contribution in [0.1, 0.15) is 60.3 Å². The Morgan fingerprint density at radius 3 is 1.80 bits per heavy atom. The Kier molecular flexibility index (Phi) is 9.85. The number of hydrogen-bond acceptors (Lipinski definition) is 1. The summed E-state index contributed by atoms with van der Waals surface area (Å²) in [5, 5.41) is 3.79. The summed E-state index contributed by atoms with van der Waals surface area (Å²) in [6, 6.07) is 73.9. The lowest BCUT2D eigenvalue weighted by Gasteiger charge is -2.31. The lowest BCUT2D eigenvalue weighted by molar-refractivity contribution is 0.588. The standard InChI is InChI=1S/C60H48N4/c1-41(43-19-8-4-9-20-43)61-59(44-21-10-5-11-22-44)62-42(2)45-23-18-24-48(37-45)60(3)36-35-58-54(40-60)53-39-47(32-34-57(53)64(58)50-27-14-7-15-28-50)46-31-33-56-52(38-46)51-29-16-17-30-55(51)63(56)49-25-12-6-13-26-49/h4-39,41H,40H2,1-3H3. The molecule has 4 heteroatoms. The number of benzene rings is 8. The lowest BCUT2D eigenvalue weighted by atomic mass is 9.73. The van der Waals surface area contributed by atoms with E-state index in [4.69, 9.17) is 9.98 Å². The van der Waals surface area contributed by atoms with Crippen LogP contribution in [0.2, 0.25) is 0 Å². The van der Waals surface area contributed by atoms with Gasteiger partial charge in [-0.15, -0.1) is 0 Å². The van der Waals surface area contributed by atoms with Crippen molar-refractivity contribution in [3.05, 3.63) is 246 Å². The summed E-state index contributed by atoms with van der Waals surface area (Å²) in [5.41, 5.74) is 16.2. The Morgan fingerprint density at radius 1 is 0.531 bits per heavy atom. The van der Waals surface area contributed by atoms with Crippen LogP contribution in [0.25, 0.3) is 61.3 Å². The zero-order valence-electron chi connectivity index (χ0n) is 36.4. The molecule has 0 saturated heterocycles. The Labute approximate surface area is 374 Å². The second kappa shape index (κ2) is 16.1. The van der Waals surface area contributed by atoms with Crippen LogP contribution in [0.3, 0.4) is 0 Å². The van der Waals surface area contributed by atoms with Crippen LogP contribution in [-0.4, -0.2) is 20.7 Å². The summed E-state index contributed by atoms with van der Waals surface area (Å²) in [6.45, 7) is 6.62. The highest BCUT2D eigenvalue weighted by molar-refractivity contribution is 6.12. The van der Waals surface area contributed by atoms with E-state index in [1.807, 2.05) is 12.1 Å². The maximum absolute atomic E-state index is 5.24. The van der Waals surface area contributed by atoms with Crippen molar-refractivity contribution in [2.45, 2.75) is 38.6 Å². The fourth-order valence-corrected chi connectivity index (χ4v) is 9.73. The fourth-order valence-electron chi connectivity index (χ4n) is 9.73. The van der Waals surface area contributed by atoms with Crippen molar-refractivity contribution in [2.24, 2.45) is 9.98 Å². The number of aromatic nitrogens is 2. The molecular weight excluding hydrogens is 777 g/mol. The van der Waals surface area contributed by atoms with E-state index in [2.05, 4.69) is 236 Å². The molecule has 0 bridgehead atoms. The molecule has 0 N–H and O–H groups in total. The summed E-state index contributed by atoms with van der Waals surface area (Å²) in [7, 11) is 0. The highest BCUT2D eigenvalue weighted by atomic mass is 15.0. The predicted molar refractivity (Wildman–Crippen MR) is 270 cm³/mol. The molecule has 11 rings (SSSR count). The van der Waals surface area contributed by atoms with Gasteiger partial charge in [-0.2, -0.15) is 0 Å². The molecule has 1 aliphatic rings. The summed E-state index contributed by atoms with van der Waals surface area (Å²) < 4.78 is 4.82. The van der Waals surface area contributed by atoms with Gasteiger partial charge in [0.2, 0.25) is 0 Å². The molecule has 1 aliphatic carbocycles. The first kappa shape index (κ1) is 39.1. The van der Waals surface area contributed by atoms with E-state index in [0.29, 0.717) is 0 Å². The molecule has 0 radical (unpaired) electrons. The molecule has 2 unspecified atom stereocenters. The number of rotatable bonds is 8. The van der Waals surface area contributed by atoms with Crippen molar-refractivity contribution < 1.29 is 0 Å². The van der Waals surface area contributed by atoms with Crippen molar-refractivity contribution in [1.29, 1.82) is 0 Å². The smallest absolute Gasteiger partial charge is 0.155 e. The van der Waals surface area contributed by atoms with E-state index < -0.39 is 0 Å². The average molecular weight is 825 g/mol. The first-order chi connectivity index (χ1) is 31.4. The van der Waals surface area contributed by atoms with Gasteiger partial charge >= 0.3 is 0 Å². The zero-order chi connectivity index (χ0) is 43.2. The number of amidine groups is 1. The van der Waals surface area contributed by atoms with Gasteiger partial charge < -0.3 is 9.13 Å². The van der Waals surface area contributed by atoms with Crippen LogP contribution in [0.4, 0.5) is 0 Å². The van der Waals surface area contributed by atoms with Gasteiger partial charge in [-0.1, -0.05) is 159 Å². The van der Waals surface area contributed by atoms with Gasteiger partial charge in [-0.05, 0) is 120 Å². The van der Waals surface area contributed by atoms with Gasteiger partial charge in [0.1, 0.15) is 0 Å². The minimum absolute atomic E-state index is 0.0391. The third kappa shape index (κ3) is 6.98. The van der Waals surface area contributed by atoms with Crippen LogP contribution >= 0.6 is 0 Å². The van der Waals surface area contributed by atoms with Crippen LogP contribution in [0.5, 0.6) is 0 Å². The molecule has 2 aromatic heterocycles. The summed E-state index contributed by atoms with van der Waals surface area (Å²) in [5.74, 6) is 0.735. The zero-order valence-corrected chi connectivity index (χ0v) is 36.4. The number of aliphatic imine (C=N–C) groups is 2. The molecule has 0 fully saturated rings. The van der Waals surface area contributed by atoms with Crippen molar-refractivity contribution >= 4 is 50.3 Å². The topological polar surface area (TPSA) is 34.6 Å². The highest BCUT2D eigenvalue weighted by Gasteiger charge is 2.32. The largest absolute Gasteiger partial charge is 0.310 e. The molecule has 0 aliphatic heterocycles. The molecule has 2 heterocycles. The Hall–Kier alpha value is -7.82. The number of allylic oxidation sites excluding steroid dienone is 1. The van der Waals surface area contributed by atoms with E-state index in [1.54, 1.807) is 0 Å². The molecule has 308 valence electrons. The number of para-hydroxylation sites is 3. The van der Waals surface area contributed by atoms with Crippen molar-refractivity contribution in [3.63, 3.8) is 0 Å². The molecular formula is C60H48N4. The minimum Gasteiger partial charge on any atom is -0.310 e. The normalized spacial score (nSPS) is 15.8. The minimum atomic E-state index is -0.258. The molecule has 2 atom stereocenters. The highest BCUT2D eigenvalue weighted by Crippen LogP contribution is 2.43. The van der Waals surface area contributed by atoms with Crippen molar-refractivity contribution in [2.75, 3.05) is 0 Å². The van der Waals surface area contributed by atoms with Crippen LogP contribution in [-0.2, 0) is 11.8 Å². The van der Waals surface area contributed by atoms with E-state index in [-0.39, 0.29) is 11.5 Å². The summed E-state index contributed by atoms with van der Waals surface area (Å²) in [4.78, 5) is 10.4. The quantitative estimate of drug-likeness (QED) is 0.108. The van der Waals surface area contributed by atoms with Crippen LogP contribution < -0.4 is 0 Å². The first-order valence-electron chi connectivity index (χ1n) is 22.3. The van der Waals surface area contributed by atoms with Crippen LogP contribution in [0, 0.1) is 0 Å². The van der Waals surface area contributed by atoms with E-state index in [9.17, 15) is 0 Å². The maximum Gasteiger partial charge on any atom is 0.155 e. The molecule has 4 nitrogen and oxygen atoms in total. The number of fused-ring (bicyclic) bond motifs is 6. The first-order valence-corrected chi connectivity index (χ1v) is 22.3. The Morgan fingerprint density at radius 2 is 1.09 bits per heavy atom. The Balaban J connectivity index is 0.992. The van der Waals surface area contributed by atoms with E-state index in [0.717, 1.165) is 40.3 Å². The third-order valence-corrected chi connectivity index (χ3v) is 13.1. The van der Waals surface area contributed by atoms with Crippen LogP contribution in [0.15, 0.2) is 222 Å². The monoisotopic (exact) mass is 824 g/mol. The Bertz CT molecular complexity index is 3430. The van der Waals surface area contributed by atoms with Crippen molar-refractivity contribution in [1.82, 2.24) is 9.13 Å². The second-order valence-corrected chi connectivity index (χ2v) is 17.3. The maximum atomic E-state index is 5.24. The van der Waals surface area contributed by atoms with Gasteiger partial charge in [0.25, 0.3) is 0 Å². The number of nitrogens with zero attached hydrogens (tertiary/aromatic N) is 4. The van der Waals surface area contributed by atoms with Gasteiger partial charge in [-0.25, -0.2) is 4.99 Å². The van der Waals surface area contributed by atoms with Gasteiger partial charge in [0, 0.05) is 49.9 Å². The molecule has 8 aromatic carbocycles. The molecule has 0 spiro atoms. The van der Waals surface area contributed by atoms with Gasteiger partial charge in [0.15, 0.2) is 5.84 Å². The summed E-state index contributed by atoms with van der Waals surface area (Å²) in [6.07, 6.45) is 5.62. The number of hydrogen-bond donors (Lipinski definition) is 0. The second-order valence-electron chi connectivity index (χ2n) is 17.3.